The third-order valence-electron chi connectivity index (χ3n) is 2.30. The summed E-state index contributed by atoms with van der Waals surface area (Å²) >= 11 is 0. The fraction of sp³-hybridized carbons (Fsp3) is 0.286. The number of nitrogens with one attached hydrogen (secondary N) is 2. The molecule has 0 aliphatic heterocycles. The molecule has 0 spiro atoms. The third-order valence-corrected chi connectivity index (χ3v) is 2.30. The lowest BCUT2D eigenvalue weighted by Gasteiger charge is -2.02. The molecule has 2 N–H and O–H groups in total. The first-order valence-electron chi connectivity index (χ1n) is 6.04. The number of carbonyl (C=O) groups excluding carboxylic acids is 2. The van der Waals surface area contributed by atoms with Gasteiger partial charge in [0.05, 0.1) is 0 Å². The molecular formula is C14H17FN2O2. The lowest BCUT2D eigenvalue weighted by molar-refractivity contribution is -0.119. The first-order valence-corrected chi connectivity index (χ1v) is 6.04. The van der Waals surface area contributed by atoms with Crippen LogP contribution in [0.1, 0.15) is 18.9 Å². The minimum absolute atomic E-state index is 0.0858. The van der Waals surface area contributed by atoms with Gasteiger partial charge in [0.25, 0.3) is 0 Å². The van der Waals surface area contributed by atoms with Crippen molar-refractivity contribution in [3.05, 3.63) is 41.7 Å². The highest BCUT2D eigenvalue weighted by Crippen LogP contribution is 2.04. The molecule has 1 aromatic carbocycles. The number of hydrogen-bond acceptors (Lipinski definition) is 2. The van der Waals surface area contributed by atoms with Gasteiger partial charge in [-0.2, -0.15) is 0 Å². The molecule has 4 nitrogen and oxygen atoms in total. The normalized spacial score (nSPS) is 10.4. The Balaban J connectivity index is 2.25. The van der Waals surface area contributed by atoms with Crippen molar-refractivity contribution in [1.29, 1.82) is 0 Å². The van der Waals surface area contributed by atoms with Crippen molar-refractivity contribution in [2.75, 3.05) is 13.1 Å². The molecule has 1 aromatic rings. The number of rotatable bonds is 6. The van der Waals surface area contributed by atoms with Gasteiger partial charge in [-0.3, -0.25) is 9.59 Å². The maximum atomic E-state index is 12.9. The van der Waals surface area contributed by atoms with Gasteiger partial charge in [-0.1, -0.05) is 12.1 Å². The molecule has 0 bridgehead atoms. The summed E-state index contributed by atoms with van der Waals surface area (Å²) in [6, 6.07) is 5.99. The molecule has 0 aromatic heterocycles. The van der Waals surface area contributed by atoms with Crippen LogP contribution in [-0.4, -0.2) is 24.9 Å². The fourth-order valence-corrected chi connectivity index (χ4v) is 1.41. The highest BCUT2D eigenvalue weighted by Gasteiger charge is 1.96. The summed E-state index contributed by atoms with van der Waals surface area (Å²) in [6.07, 6.45) is 3.57. The molecule has 19 heavy (non-hydrogen) atoms. The molecule has 102 valence electrons. The van der Waals surface area contributed by atoms with Crippen molar-refractivity contribution in [3.8, 4) is 0 Å². The Labute approximate surface area is 111 Å². The van der Waals surface area contributed by atoms with Crippen LogP contribution in [-0.2, 0) is 9.59 Å². The zero-order valence-electron chi connectivity index (χ0n) is 10.8. The van der Waals surface area contributed by atoms with Crippen LogP contribution in [0.4, 0.5) is 4.39 Å². The average molecular weight is 264 g/mol. The van der Waals surface area contributed by atoms with Gasteiger partial charge in [-0.05, 0) is 30.2 Å². The molecule has 0 heterocycles. The van der Waals surface area contributed by atoms with Crippen molar-refractivity contribution in [3.63, 3.8) is 0 Å². The van der Waals surface area contributed by atoms with E-state index in [1.54, 1.807) is 18.2 Å². The van der Waals surface area contributed by atoms with E-state index in [9.17, 15) is 14.0 Å². The first kappa shape index (κ1) is 14.9. The van der Waals surface area contributed by atoms with Crippen molar-refractivity contribution in [1.82, 2.24) is 10.6 Å². The molecule has 0 atom stereocenters. The van der Waals surface area contributed by atoms with E-state index < -0.39 is 0 Å². The Kier molecular flexibility index (Phi) is 6.29. The Bertz CT molecular complexity index is 472. The molecule has 0 aliphatic rings. The minimum Gasteiger partial charge on any atom is -0.356 e. The summed E-state index contributed by atoms with van der Waals surface area (Å²) in [6.45, 7) is 2.45. The summed E-state index contributed by atoms with van der Waals surface area (Å²) < 4.78 is 12.9. The predicted molar refractivity (Wildman–Crippen MR) is 71.7 cm³/mol. The molecule has 0 unspecified atom stereocenters. The molecule has 0 aliphatic carbocycles. The Morgan fingerprint density at radius 1 is 1.26 bits per heavy atom. The maximum Gasteiger partial charge on any atom is 0.244 e. The van der Waals surface area contributed by atoms with Crippen LogP contribution in [0, 0.1) is 5.82 Å². The van der Waals surface area contributed by atoms with Crippen molar-refractivity contribution < 1.29 is 14.0 Å². The highest BCUT2D eigenvalue weighted by atomic mass is 19.1. The zero-order valence-corrected chi connectivity index (χ0v) is 10.8. The Hall–Kier alpha value is -2.17. The Morgan fingerprint density at radius 2 is 2.00 bits per heavy atom. The molecule has 1 rings (SSSR count). The standard InChI is InChI=1S/C14H17FN2O2/c1-11(18)16-8-3-9-17-14(19)7-6-12-4-2-5-13(15)10-12/h2,4-7,10H,3,8-9H2,1H3,(H,16,18)(H,17,19)/b7-6+. The summed E-state index contributed by atoms with van der Waals surface area (Å²) in [7, 11) is 0. The second-order valence-corrected chi connectivity index (χ2v) is 4.02. The molecule has 0 radical (unpaired) electrons. The lowest BCUT2D eigenvalue weighted by atomic mass is 10.2. The average Bonchev–Trinajstić information content (AvgIpc) is 2.35. The quantitative estimate of drug-likeness (QED) is 0.604. The van der Waals surface area contributed by atoms with E-state index in [4.69, 9.17) is 0 Å². The van der Waals surface area contributed by atoms with Crippen LogP contribution in [0.2, 0.25) is 0 Å². The molecular weight excluding hydrogens is 247 g/mol. The maximum absolute atomic E-state index is 12.9. The van der Waals surface area contributed by atoms with Crippen LogP contribution in [0.5, 0.6) is 0 Å². The van der Waals surface area contributed by atoms with E-state index in [-0.39, 0.29) is 17.6 Å². The zero-order chi connectivity index (χ0) is 14.1. The van der Waals surface area contributed by atoms with Crippen LogP contribution in [0.3, 0.4) is 0 Å². The largest absolute Gasteiger partial charge is 0.356 e. The van der Waals surface area contributed by atoms with Crippen molar-refractivity contribution >= 4 is 17.9 Å². The fourth-order valence-electron chi connectivity index (χ4n) is 1.41. The van der Waals surface area contributed by atoms with E-state index in [1.165, 1.54) is 25.1 Å². The van der Waals surface area contributed by atoms with Gasteiger partial charge in [0, 0.05) is 26.1 Å². The number of hydrogen-bond donors (Lipinski definition) is 2. The first-order chi connectivity index (χ1) is 9.08. The van der Waals surface area contributed by atoms with E-state index in [0.29, 0.717) is 25.1 Å². The van der Waals surface area contributed by atoms with Crippen molar-refractivity contribution in [2.24, 2.45) is 0 Å². The Morgan fingerprint density at radius 3 is 2.68 bits per heavy atom. The topological polar surface area (TPSA) is 58.2 Å². The molecule has 5 heteroatoms. The molecule has 0 saturated heterocycles. The number of benzene rings is 1. The van der Waals surface area contributed by atoms with Crippen LogP contribution >= 0.6 is 0 Å². The van der Waals surface area contributed by atoms with Gasteiger partial charge in [0.15, 0.2) is 0 Å². The van der Waals surface area contributed by atoms with Gasteiger partial charge >= 0.3 is 0 Å². The second kappa shape index (κ2) is 8.02. The monoisotopic (exact) mass is 264 g/mol. The third kappa shape index (κ3) is 6.98. The van der Waals surface area contributed by atoms with Crippen LogP contribution in [0.25, 0.3) is 6.08 Å². The number of amides is 2. The molecule has 0 fully saturated rings. The number of carbonyl (C=O) groups is 2. The lowest BCUT2D eigenvalue weighted by Crippen LogP contribution is -2.27. The van der Waals surface area contributed by atoms with E-state index in [2.05, 4.69) is 10.6 Å². The van der Waals surface area contributed by atoms with Gasteiger partial charge in [0.1, 0.15) is 5.82 Å². The molecule has 2 amide bonds. The number of halogens is 1. The van der Waals surface area contributed by atoms with E-state index in [1.807, 2.05) is 0 Å². The summed E-state index contributed by atoms with van der Waals surface area (Å²) in [4.78, 5) is 22.0. The van der Waals surface area contributed by atoms with Gasteiger partial charge in [0.2, 0.25) is 11.8 Å². The van der Waals surface area contributed by atoms with Gasteiger partial charge in [-0.25, -0.2) is 4.39 Å². The SMILES string of the molecule is CC(=O)NCCCNC(=O)/C=C/c1cccc(F)c1. The second-order valence-electron chi connectivity index (χ2n) is 4.02. The van der Waals surface area contributed by atoms with E-state index >= 15 is 0 Å². The van der Waals surface area contributed by atoms with Crippen molar-refractivity contribution in [2.45, 2.75) is 13.3 Å². The summed E-state index contributed by atoms with van der Waals surface area (Å²) in [5, 5.41) is 5.30. The van der Waals surface area contributed by atoms with Gasteiger partial charge in [-0.15, -0.1) is 0 Å². The predicted octanol–water partition coefficient (Wildman–Crippen LogP) is 1.48. The van der Waals surface area contributed by atoms with Crippen LogP contribution < -0.4 is 10.6 Å². The summed E-state index contributed by atoms with van der Waals surface area (Å²) in [5.41, 5.74) is 0.633. The summed E-state index contributed by atoms with van der Waals surface area (Å²) in [5.74, 6) is -0.665. The van der Waals surface area contributed by atoms with Gasteiger partial charge < -0.3 is 10.6 Å². The highest BCUT2D eigenvalue weighted by molar-refractivity contribution is 5.91. The van der Waals surface area contributed by atoms with Crippen LogP contribution in [0.15, 0.2) is 30.3 Å². The minimum atomic E-state index is -0.335. The molecule has 0 saturated carbocycles. The smallest absolute Gasteiger partial charge is 0.244 e. The van der Waals surface area contributed by atoms with E-state index in [0.717, 1.165) is 0 Å².